The van der Waals surface area contributed by atoms with Crippen molar-refractivity contribution < 1.29 is 14.4 Å². The minimum atomic E-state index is -1.05. The molecule has 1 fully saturated rings. The van der Waals surface area contributed by atoms with Gasteiger partial charge in [0, 0.05) is 29.7 Å². The molecule has 4 rings (SSSR count). The maximum Gasteiger partial charge on any atom is 0.281 e. The van der Waals surface area contributed by atoms with Crippen molar-refractivity contribution in [3.63, 3.8) is 0 Å². The number of nitrogens with two attached hydrogens (primary N) is 1. The summed E-state index contributed by atoms with van der Waals surface area (Å²) < 4.78 is 8.01. The Morgan fingerprint density at radius 2 is 1.70 bits per heavy atom. The Hall–Kier alpha value is -3.66. The van der Waals surface area contributed by atoms with Crippen LogP contribution in [0.3, 0.4) is 0 Å². The van der Waals surface area contributed by atoms with E-state index in [4.69, 9.17) is 5.73 Å². The zero-order valence-electron chi connectivity index (χ0n) is 21.3. The molecule has 2 heterocycles. The van der Waals surface area contributed by atoms with Crippen molar-refractivity contribution >= 4 is 35.1 Å². The number of nitrogens with zero attached hydrogens (tertiary/aromatic N) is 4. The van der Waals surface area contributed by atoms with E-state index in [-0.39, 0.29) is 28.8 Å². The number of carbonyl (C=O) groups excluding carboxylic acids is 3. The molecule has 0 saturated heterocycles. The Morgan fingerprint density at radius 3 is 2.30 bits per heavy atom. The Bertz CT molecular complexity index is 1250. The van der Waals surface area contributed by atoms with Gasteiger partial charge in [0.15, 0.2) is 11.4 Å². The highest BCUT2D eigenvalue weighted by atomic mass is 32.1. The topological polar surface area (TPSA) is 131 Å². The number of primary amides is 1. The van der Waals surface area contributed by atoms with Crippen molar-refractivity contribution in [1.82, 2.24) is 19.0 Å². The lowest BCUT2D eigenvalue weighted by molar-refractivity contribution is -0.123. The van der Waals surface area contributed by atoms with Crippen LogP contribution in [0.4, 0.5) is 5.69 Å². The summed E-state index contributed by atoms with van der Waals surface area (Å²) in [4.78, 5) is 45.5. The monoisotopic (exact) mass is 520 g/mol. The Labute approximate surface area is 220 Å². The Kier molecular flexibility index (Phi) is 7.97. The third kappa shape index (κ3) is 6.02. The van der Waals surface area contributed by atoms with Gasteiger partial charge in [0.25, 0.3) is 11.8 Å². The minimum Gasteiger partial charge on any atom is -0.364 e. The van der Waals surface area contributed by atoms with E-state index in [0.29, 0.717) is 11.3 Å². The summed E-state index contributed by atoms with van der Waals surface area (Å²) in [5.41, 5.74) is 7.06. The SMILES string of the molecule is CC(C)(C)c1ccc(N(C(=O)c2nsnc2C(N)=O)C(C(=O)NC2CCCCC2)c2cccnc2)cc1. The van der Waals surface area contributed by atoms with Crippen LogP contribution < -0.4 is 16.0 Å². The van der Waals surface area contributed by atoms with E-state index < -0.39 is 17.9 Å². The normalized spacial score (nSPS) is 15.1. The molecule has 1 unspecified atom stereocenters. The smallest absolute Gasteiger partial charge is 0.281 e. The quantitative estimate of drug-likeness (QED) is 0.481. The summed E-state index contributed by atoms with van der Waals surface area (Å²) in [7, 11) is 0. The number of hydrogen-bond acceptors (Lipinski definition) is 7. The van der Waals surface area contributed by atoms with E-state index in [2.05, 4.69) is 39.8 Å². The lowest BCUT2D eigenvalue weighted by Gasteiger charge is -2.33. The lowest BCUT2D eigenvalue weighted by atomic mass is 9.87. The number of pyridine rings is 1. The highest BCUT2D eigenvalue weighted by Crippen LogP contribution is 2.32. The molecule has 3 aromatic rings. The molecular weight excluding hydrogens is 488 g/mol. The highest BCUT2D eigenvalue weighted by molar-refractivity contribution is 6.99. The van der Waals surface area contributed by atoms with Crippen LogP contribution in [0.15, 0.2) is 48.8 Å². The summed E-state index contributed by atoms with van der Waals surface area (Å²) >= 11 is 0.724. The largest absolute Gasteiger partial charge is 0.364 e. The fourth-order valence-electron chi connectivity index (χ4n) is 4.59. The molecule has 37 heavy (non-hydrogen) atoms. The van der Waals surface area contributed by atoms with Gasteiger partial charge < -0.3 is 11.1 Å². The van der Waals surface area contributed by atoms with Crippen molar-refractivity contribution in [1.29, 1.82) is 0 Å². The standard InChI is InChI=1S/C27H32N6O3S/c1-27(2,3)18-11-13-20(14-12-18)33(26(36)22-21(24(28)34)31-37-32-22)23(17-8-7-15-29-16-17)25(35)30-19-9-5-4-6-10-19/h7-8,11-16,19,23H,4-6,9-10H2,1-3H3,(H2,28,34)(H,30,35). The van der Waals surface area contributed by atoms with Crippen molar-refractivity contribution in [3.05, 3.63) is 71.3 Å². The summed E-state index contributed by atoms with van der Waals surface area (Å²) in [6.45, 7) is 6.29. The summed E-state index contributed by atoms with van der Waals surface area (Å²) in [5, 5.41) is 3.16. The molecule has 1 atom stereocenters. The molecule has 9 nitrogen and oxygen atoms in total. The molecule has 0 bridgehead atoms. The van der Waals surface area contributed by atoms with Crippen molar-refractivity contribution in [2.24, 2.45) is 5.73 Å². The first-order valence-electron chi connectivity index (χ1n) is 12.4. The minimum absolute atomic E-state index is 0.0303. The fraction of sp³-hybridized carbons (Fsp3) is 0.407. The molecule has 1 saturated carbocycles. The van der Waals surface area contributed by atoms with Gasteiger partial charge in [-0.05, 0) is 42.0 Å². The maximum absolute atomic E-state index is 14.0. The Balaban J connectivity index is 1.83. The van der Waals surface area contributed by atoms with E-state index in [1.165, 1.54) is 4.90 Å². The second-order valence-electron chi connectivity index (χ2n) is 10.3. The molecule has 10 heteroatoms. The molecule has 0 spiro atoms. The van der Waals surface area contributed by atoms with Crippen LogP contribution in [-0.2, 0) is 10.2 Å². The number of rotatable bonds is 7. The van der Waals surface area contributed by atoms with Crippen molar-refractivity contribution in [2.45, 2.75) is 70.4 Å². The molecule has 2 aromatic heterocycles. The van der Waals surface area contributed by atoms with E-state index in [9.17, 15) is 14.4 Å². The van der Waals surface area contributed by atoms with Gasteiger partial charge in [0.2, 0.25) is 5.91 Å². The van der Waals surface area contributed by atoms with Crippen molar-refractivity contribution in [3.8, 4) is 0 Å². The molecule has 1 aromatic carbocycles. The average molecular weight is 521 g/mol. The first kappa shape index (κ1) is 26.4. The van der Waals surface area contributed by atoms with E-state index in [0.717, 1.165) is 49.4 Å². The maximum atomic E-state index is 14.0. The second-order valence-corrected chi connectivity index (χ2v) is 10.9. The van der Waals surface area contributed by atoms with Crippen LogP contribution >= 0.6 is 11.7 Å². The first-order valence-corrected chi connectivity index (χ1v) is 13.2. The van der Waals surface area contributed by atoms with Crippen LogP contribution in [0.25, 0.3) is 0 Å². The number of benzene rings is 1. The first-order chi connectivity index (χ1) is 17.7. The molecule has 0 aliphatic heterocycles. The molecule has 0 radical (unpaired) electrons. The number of anilines is 1. The molecular formula is C27H32N6O3S. The summed E-state index contributed by atoms with van der Waals surface area (Å²) in [6, 6.07) is 9.94. The van der Waals surface area contributed by atoms with Crippen molar-refractivity contribution in [2.75, 3.05) is 4.90 Å². The lowest BCUT2D eigenvalue weighted by Crippen LogP contribution is -2.47. The third-order valence-corrected chi connectivity index (χ3v) is 7.14. The molecule has 194 valence electrons. The fourth-order valence-corrected chi connectivity index (χ4v) is 5.14. The van der Waals surface area contributed by atoms with Gasteiger partial charge in [-0.3, -0.25) is 24.3 Å². The molecule has 3 amide bonds. The highest BCUT2D eigenvalue weighted by Gasteiger charge is 2.37. The number of aromatic nitrogens is 3. The number of nitrogens with one attached hydrogen (secondary N) is 1. The van der Waals surface area contributed by atoms with Gasteiger partial charge in [0.1, 0.15) is 6.04 Å². The van der Waals surface area contributed by atoms with Gasteiger partial charge in [-0.2, -0.15) is 8.75 Å². The second kappa shape index (κ2) is 11.2. The van der Waals surface area contributed by atoms with E-state index in [1.54, 1.807) is 36.7 Å². The third-order valence-electron chi connectivity index (χ3n) is 6.61. The zero-order chi connectivity index (χ0) is 26.6. The van der Waals surface area contributed by atoms with Crippen LogP contribution in [-0.4, -0.2) is 37.5 Å². The van der Waals surface area contributed by atoms with E-state index in [1.807, 2.05) is 12.1 Å². The Morgan fingerprint density at radius 1 is 1.03 bits per heavy atom. The van der Waals surface area contributed by atoms with Crippen LogP contribution in [0.2, 0.25) is 0 Å². The van der Waals surface area contributed by atoms with E-state index >= 15 is 0 Å². The number of amides is 3. The predicted molar refractivity (Wildman–Crippen MR) is 142 cm³/mol. The molecule has 3 N–H and O–H groups in total. The van der Waals surface area contributed by atoms with Gasteiger partial charge in [-0.25, -0.2) is 0 Å². The zero-order valence-corrected chi connectivity index (χ0v) is 22.1. The summed E-state index contributed by atoms with van der Waals surface area (Å²) in [6.07, 6.45) is 8.21. The summed E-state index contributed by atoms with van der Waals surface area (Å²) in [5.74, 6) is -1.82. The number of carbonyl (C=O) groups is 3. The average Bonchev–Trinajstić information content (AvgIpc) is 3.38. The van der Waals surface area contributed by atoms with Gasteiger partial charge in [-0.1, -0.05) is 58.2 Å². The van der Waals surface area contributed by atoms with Gasteiger partial charge in [0.05, 0.1) is 11.7 Å². The predicted octanol–water partition coefficient (Wildman–Crippen LogP) is 4.17. The molecule has 1 aliphatic rings. The van der Waals surface area contributed by atoms with Crippen LogP contribution in [0.1, 0.15) is 91.0 Å². The molecule has 1 aliphatic carbocycles. The van der Waals surface area contributed by atoms with Crippen LogP contribution in [0, 0.1) is 0 Å². The van der Waals surface area contributed by atoms with Gasteiger partial charge in [-0.15, -0.1) is 0 Å². The van der Waals surface area contributed by atoms with Gasteiger partial charge >= 0.3 is 0 Å². The number of hydrogen-bond donors (Lipinski definition) is 2. The van der Waals surface area contributed by atoms with Crippen LogP contribution in [0.5, 0.6) is 0 Å².